The standard InChI is InChI=1S/C10H21NO4S.C2H6.CH4.Na/c1-3-5-9(6-4-2)10(12)11-7-8-16(13,14)15;1-2;;/h9H,3-8H2,1-2H3,(H,11,12)(H,13,14,15);1-2H3;1H4;/q;;;+1/p-1. The van der Waals surface area contributed by atoms with Crippen LogP contribution in [-0.2, 0) is 14.9 Å². The van der Waals surface area contributed by atoms with Crippen molar-refractivity contribution in [1.29, 1.82) is 0 Å². The van der Waals surface area contributed by atoms with Crippen LogP contribution in [0.15, 0.2) is 0 Å². The quantitative estimate of drug-likeness (QED) is 0.484. The third-order valence-corrected chi connectivity index (χ3v) is 3.00. The molecule has 7 heteroatoms. The summed E-state index contributed by atoms with van der Waals surface area (Å²) in [5.74, 6) is -0.749. The van der Waals surface area contributed by atoms with Crippen molar-refractivity contribution in [3.8, 4) is 0 Å². The first-order valence-electron chi connectivity index (χ1n) is 6.62. The van der Waals surface area contributed by atoms with E-state index in [9.17, 15) is 17.8 Å². The maximum absolute atomic E-state index is 11.6. The van der Waals surface area contributed by atoms with Gasteiger partial charge in [0.15, 0.2) is 0 Å². The first-order valence-corrected chi connectivity index (χ1v) is 8.19. The fourth-order valence-electron chi connectivity index (χ4n) is 1.55. The summed E-state index contributed by atoms with van der Waals surface area (Å²) in [6.45, 7) is 7.91. The fraction of sp³-hybridized carbons (Fsp3) is 0.923. The Bertz CT molecular complexity index is 301. The van der Waals surface area contributed by atoms with Crippen LogP contribution in [-0.4, -0.2) is 31.2 Å². The van der Waals surface area contributed by atoms with Crippen molar-refractivity contribution in [3.63, 3.8) is 0 Å². The molecule has 1 amide bonds. The minimum Gasteiger partial charge on any atom is -0.748 e. The molecule has 0 heterocycles. The zero-order valence-electron chi connectivity index (χ0n) is 12.9. The first-order chi connectivity index (χ1) is 8.40. The Morgan fingerprint density at radius 1 is 1.15 bits per heavy atom. The minimum atomic E-state index is -4.23. The summed E-state index contributed by atoms with van der Waals surface area (Å²) in [5.41, 5.74) is 0. The molecule has 0 radical (unpaired) electrons. The molecule has 0 atom stereocenters. The normalized spacial score (nSPS) is 9.70. The molecule has 0 unspecified atom stereocenters. The maximum atomic E-state index is 11.6. The van der Waals surface area contributed by atoms with Gasteiger partial charge in [-0.15, -0.1) is 0 Å². The van der Waals surface area contributed by atoms with Crippen molar-refractivity contribution < 1.29 is 47.3 Å². The van der Waals surface area contributed by atoms with E-state index in [4.69, 9.17) is 0 Å². The second kappa shape index (κ2) is 17.4. The Balaban J connectivity index is -0.000000304. The molecule has 1 N–H and O–H groups in total. The first kappa shape index (κ1) is 28.5. The number of carbonyl (C=O) groups is 1. The molecule has 0 spiro atoms. The van der Waals surface area contributed by atoms with E-state index < -0.39 is 15.9 Å². The van der Waals surface area contributed by atoms with E-state index in [1.807, 2.05) is 27.7 Å². The molecule has 0 aliphatic carbocycles. The van der Waals surface area contributed by atoms with Gasteiger partial charge in [0.1, 0.15) is 0 Å². The van der Waals surface area contributed by atoms with Gasteiger partial charge in [0.25, 0.3) is 0 Å². The van der Waals surface area contributed by atoms with Gasteiger partial charge in [0.2, 0.25) is 5.91 Å². The van der Waals surface area contributed by atoms with E-state index >= 15 is 0 Å². The van der Waals surface area contributed by atoms with E-state index in [-0.39, 0.29) is 55.4 Å². The van der Waals surface area contributed by atoms with Gasteiger partial charge in [0, 0.05) is 12.5 Å². The van der Waals surface area contributed by atoms with Crippen molar-refractivity contribution in [1.82, 2.24) is 5.32 Å². The van der Waals surface area contributed by atoms with E-state index in [1.165, 1.54) is 0 Å². The van der Waals surface area contributed by atoms with E-state index in [0.29, 0.717) is 0 Å². The second-order valence-corrected chi connectivity index (χ2v) is 5.35. The average Bonchev–Trinajstić information content (AvgIpc) is 2.29. The largest absolute Gasteiger partial charge is 1.00 e. The van der Waals surface area contributed by atoms with Gasteiger partial charge in [0.05, 0.1) is 15.9 Å². The number of carbonyl (C=O) groups excluding carboxylic acids is 1. The van der Waals surface area contributed by atoms with Crippen molar-refractivity contribution in [2.24, 2.45) is 5.92 Å². The van der Waals surface area contributed by atoms with Crippen LogP contribution in [0.4, 0.5) is 0 Å². The number of hydrogen-bond donors (Lipinski definition) is 1. The molecular weight excluding hydrogens is 289 g/mol. The molecule has 0 aliphatic heterocycles. The average molecular weight is 319 g/mol. The van der Waals surface area contributed by atoms with Crippen molar-refractivity contribution in [3.05, 3.63) is 0 Å². The van der Waals surface area contributed by atoms with Gasteiger partial charge in [-0.2, -0.15) is 0 Å². The second-order valence-electron chi connectivity index (χ2n) is 3.83. The topological polar surface area (TPSA) is 86.3 Å². The molecule has 0 fully saturated rings. The molecule has 0 saturated heterocycles. The molecule has 0 rings (SSSR count). The summed E-state index contributed by atoms with van der Waals surface area (Å²) in [4.78, 5) is 11.6. The minimum absolute atomic E-state index is 0. The van der Waals surface area contributed by atoms with E-state index in [2.05, 4.69) is 5.32 Å². The number of hydrogen-bond acceptors (Lipinski definition) is 4. The smallest absolute Gasteiger partial charge is 0.748 e. The van der Waals surface area contributed by atoms with E-state index in [1.54, 1.807) is 0 Å². The van der Waals surface area contributed by atoms with Gasteiger partial charge < -0.3 is 9.87 Å². The van der Waals surface area contributed by atoms with Crippen LogP contribution >= 0.6 is 0 Å². The fourth-order valence-corrected chi connectivity index (χ4v) is 1.90. The Morgan fingerprint density at radius 2 is 1.55 bits per heavy atom. The SMILES string of the molecule is C.CC.CCCC(CCC)C(=O)NCCS(=O)(=O)[O-].[Na+]. The maximum Gasteiger partial charge on any atom is 1.00 e. The van der Waals surface area contributed by atoms with Gasteiger partial charge in [-0.25, -0.2) is 8.42 Å². The monoisotopic (exact) mass is 319 g/mol. The Kier molecular flexibility index (Phi) is 24.9. The molecule has 5 nitrogen and oxygen atoms in total. The molecule has 20 heavy (non-hydrogen) atoms. The van der Waals surface area contributed by atoms with Crippen LogP contribution in [0.2, 0.25) is 0 Å². The van der Waals surface area contributed by atoms with Crippen LogP contribution in [0.5, 0.6) is 0 Å². The molecule has 0 aromatic rings. The van der Waals surface area contributed by atoms with Gasteiger partial charge in [-0.1, -0.05) is 48.0 Å². The number of rotatable bonds is 8. The zero-order chi connectivity index (χ0) is 14.6. The molecule has 0 aromatic carbocycles. The van der Waals surface area contributed by atoms with Crippen molar-refractivity contribution in [2.45, 2.75) is 60.8 Å². The summed E-state index contributed by atoms with van der Waals surface area (Å²) >= 11 is 0. The Hall–Kier alpha value is 0.380. The predicted molar refractivity (Wildman–Crippen MR) is 79.0 cm³/mol. The van der Waals surface area contributed by atoms with E-state index in [0.717, 1.165) is 25.7 Å². The zero-order valence-corrected chi connectivity index (χ0v) is 15.7. The number of nitrogens with one attached hydrogen (secondary N) is 1. The Labute approximate surface area is 147 Å². The van der Waals surface area contributed by atoms with Crippen LogP contribution in [0.25, 0.3) is 0 Å². The van der Waals surface area contributed by atoms with Gasteiger partial charge >= 0.3 is 29.6 Å². The van der Waals surface area contributed by atoms with Crippen LogP contribution < -0.4 is 34.9 Å². The van der Waals surface area contributed by atoms with Crippen LogP contribution in [0, 0.1) is 5.92 Å². The molecule has 0 saturated carbocycles. The predicted octanol–water partition coefficient (Wildman–Crippen LogP) is -0.469. The third kappa shape index (κ3) is 18.4. The van der Waals surface area contributed by atoms with Crippen LogP contribution in [0.3, 0.4) is 0 Å². The summed E-state index contributed by atoms with van der Waals surface area (Å²) < 4.78 is 31.0. The molecule has 0 aliphatic rings. The summed E-state index contributed by atoms with van der Waals surface area (Å²) in [6, 6.07) is 0. The van der Waals surface area contributed by atoms with Crippen LogP contribution in [0.1, 0.15) is 60.8 Å². The molecule has 0 aromatic heterocycles. The molecule has 0 bridgehead atoms. The van der Waals surface area contributed by atoms with Crippen molar-refractivity contribution >= 4 is 16.0 Å². The number of amides is 1. The van der Waals surface area contributed by atoms with Gasteiger partial charge in [-0.3, -0.25) is 4.79 Å². The summed E-state index contributed by atoms with van der Waals surface area (Å²) in [6.07, 6.45) is 3.42. The summed E-state index contributed by atoms with van der Waals surface area (Å²) in [7, 11) is -4.23. The third-order valence-electron chi connectivity index (χ3n) is 2.30. The molecule has 118 valence electrons. The summed E-state index contributed by atoms with van der Waals surface area (Å²) in [5, 5.41) is 2.49. The molecular formula is C13H30NNaO4S. The van der Waals surface area contributed by atoms with Gasteiger partial charge in [-0.05, 0) is 12.8 Å². The van der Waals surface area contributed by atoms with Crippen molar-refractivity contribution in [2.75, 3.05) is 12.3 Å². The Morgan fingerprint density at radius 3 is 1.85 bits per heavy atom.